The molecule has 0 bridgehead atoms. The van der Waals surface area contributed by atoms with Crippen LogP contribution < -0.4 is 9.64 Å². The van der Waals surface area contributed by atoms with Gasteiger partial charge in [0.2, 0.25) is 0 Å². The number of carboxylic acid groups (broad SMARTS) is 1. The molecule has 3 rings (SSSR count). The average Bonchev–Trinajstić information content (AvgIpc) is 2.98. The summed E-state index contributed by atoms with van der Waals surface area (Å²) >= 11 is 0. The van der Waals surface area contributed by atoms with Crippen LogP contribution >= 0.6 is 0 Å². The highest BCUT2D eigenvalue weighted by Crippen LogP contribution is 2.34. The largest absolute Gasteiger partial charge is 0.478 e. The molecular formula is C23H22F4N2O5. The SMILES string of the molecule is Cc1cc(CN2C(=O)CN(c3ccc(C(F)(F)F)c(F)c3)C2=O)cc(C)c1OC(C)(C)C(=O)O. The van der Waals surface area contributed by atoms with E-state index in [0.717, 1.165) is 15.9 Å². The standard InChI is InChI=1S/C23H22F4N2O5/c1-12-7-14(8-13(2)19(12)34-22(3,4)20(31)32)10-29-18(30)11-28(21(29)33)15-5-6-16(17(24)9-15)23(25,26)27/h5-9H,10-11H2,1-4H3,(H,31,32). The average molecular weight is 482 g/mol. The van der Waals surface area contributed by atoms with E-state index in [1.54, 1.807) is 26.0 Å². The van der Waals surface area contributed by atoms with E-state index in [2.05, 4.69) is 0 Å². The Balaban J connectivity index is 1.82. The monoisotopic (exact) mass is 482 g/mol. The number of benzene rings is 2. The molecule has 7 nitrogen and oxygen atoms in total. The van der Waals surface area contributed by atoms with E-state index < -0.39 is 47.6 Å². The minimum absolute atomic E-state index is 0.137. The Hall–Kier alpha value is -3.63. The molecule has 34 heavy (non-hydrogen) atoms. The Bertz CT molecular complexity index is 1150. The molecule has 0 saturated carbocycles. The molecule has 1 N–H and O–H groups in total. The predicted octanol–water partition coefficient (Wildman–Crippen LogP) is 4.67. The molecule has 0 radical (unpaired) electrons. The number of carbonyl (C=O) groups excluding carboxylic acids is 2. The Kier molecular flexibility index (Phi) is 6.34. The number of aliphatic carboxylic acids is 1. The van der Waals surface area contributed by atoms with Crippen molar-refractivity contribution in [1.29, 1.82) is 0 Å². The van der Waals surface area contributed by atoms with Gasteiger partial charge in [-0.25, -0.2) is 14.0 Å². The van der Waals surface area contributed by atoms with Gasteiger partial charge in [0, 0.05) is 5.69 Å². The first kappa shape index (κ1) is 25.0. The molecule has 3 amide bonds. The first-order valence-electron chi connectivity index (χ1n) is 10.1. The Morgan fingerprint density at radius 2 is 1.68 bits per heavy atom. The van der Waals surface area contributed by atoms with Crippen molar-refractivity contribution in [2.45, 2.75) is 46.0 Å². The second-order valence-corrected chi connectivity index (χ2v) is 8.49. The fraction of sp³-hybridized carbons (Fsp3) is 0.348. The normalized spacial score (nSPS) is 14.7. The van der Waals surface area contributed by atoms with Crippen molar-refractivity contribution in [3.05, 3.63) is 58.4 Å². The summed E-state index contributed by atoms with van der Waals surface area (Å²) in [5.74, 6) is -2.94. The smallest absolute Gasteiger partial charge is 0.419 e. The third kappa shape index (κ3) is 4.82. The van der Waals surface area contributed by atoms with Gasteiger partial charge in [-0.15, -0.1) is 0 Å². The topological polar surface area (TPSA) is 87.2 Å². The van der Waals surface area contributed by atoms with Gasteiger partial charge in [0.1, 0.15) is 18.1 Å². The highest BCUT2D eigenvalue weighted by Gasteiger charge is 2.39. The number of amides is 3. The van der Waals surface area contributed by atoms with Crippen LogP contribution in [0, 0.1) is 19.7 Å². The zero-order valence-corrected chi connectivity index (χ0v) is 18.8. The number of urea groups is 1. The quantitative estimate of drug-likeness (QED) is 0.478. The highest BCUT2D eigenvalue weighted by atomic mass is 19.4. The fourth-order valence-corrected chi connectivity index (χ4v) is 3.57. The maximum absolute atomic E-state index is 14.0. The number of ether oxygens (including phenoxy) is 1. The number of nitrogens with zero attached hydrogens (tertiary/aromatic N) is 2. The molecule has 2 aromatic carbocycles. The van der Waals surface area contributed by atoms with Crippen LogP contribution in [0.4, 0.5) is 28.0 Å². The number of carbonyl (C=O) groups is 3. The van der Waals surface area contributed by atoms with Gasteiger partial charge < -0.3 is 9.84 Å². The molecule has 0 aromatic heterocycles. The molecular weight excluding hydrogens is 460 g/mol. The van der Waals surface area contributed by atoms with Gasteiger partial charge in [-0.05, 0) is 62.6 Å². The van der Waals surface area contributed by atoms with Gasteiger partial charge in [-0.1, -0.05) is 12.1 Å². The predicted molar refractivity (Wildman–Crippen MR) is 113 cm³/mol. The van der Waals surface area contributed by atoms with E-state index in [9.17, 15) is 37.1 Å². The molecule has 11 heteroatoms. The van der Waals surface area contributed by atoms with Gasteiger partial charge in [-0.3, -0.25) is 14.6 Å². The molecule has 182 valence electrons. The van der Waals surface area contributed by atoms with Crippen LogP contribution in [0.25, 0.3) is 0 Å². The van der Waals surface area contributed by atoms with Crippen LogP contribution in [-0.4, -0.2) is 40.1 Å². The molecule has 0 aliphatic carbocycles. The van der Waals surface area contributed by atoms with Gasteiger partial charge in [0.15, 0.2) is 5.60 Å². The van der Waals surface area contributed by atoms with Gasteiger partial charge in [0.25, 0.3) is 5.91 Å². The number of alkyl halides is 3. The van der Waals surface area contributed by atoms with Crippen molar-refractivity contribution in [2.24, 2.45) is 0 Å². The summed E-state index contributed by atoms with van der Waals surface area (Å²) in [6.45, 7) is 5.60. The van der Waals surface area contributed by atoms with Crippen LogP contribution in [0.1, 0.15) is 36.1 Å². The van der Waals surface area contributed by atoms with E-state index in [1.165, 1.54) is 13.8 Å². The molecule has 0 atom stereocenters. The maximum Gasteiger partial charge on any atom is 0.419 e. The zero-order valence-electron chi connectivity index (χ0n) is 18.8. The van der Waals surface area contributed by atoms with Gasteiger partial charge >= 0.3 is 18.2 Å². The molecule has 0 spiro atoms. The van der Waals surface area contributed by atoms with Crippen molar-refractivity contribution in [3.8, 4) is 5.75 Å². The van der Waals surface area contributed by atoms with Crippen molar-refractivity contribution >= 4 is 23.6 Å². The molecule has 1 aliphatic heterocycles. The summed E-state index contributed by atoms with van der Waals surface area (Å²) in [5, 5.41) is 9.29. The number of aryl methyl sites for hydroxylation is 2. The Labute approximate surface area is 192 Å². The fourth-order valence-electron chi connectivity index (χ4n) is 3.57. The highest BCUT2D eigenvalue weighted by molar-refractivity contribution is 6.12. The summed E-state index contributed by atoms with van der Waals surface area (Å²) in [6, 6.07) is 4.51. The van der Waals surface area contributed by atoms with Gasteiger partial charge in [-0.2, -0.15) is 13.2 Å². The maximum atomic E-state index is 14.0. The minimum Gasteiger partial charge on any atom is -0.478 e. The summed E-state index contributed by atoms with van der Waals surface area (Å²) in [6.07, 6.45) is -4.88. The van der Waals surface area contributed by atoms with Crippen molar-refractivity contribution < 1.29 is 41.8 Å². The van der Waals surface area contributed by atoms with Crippen LogP contribution in [-0.2, 0) is 22.3 Å². The van der Waals surface area contributed by atoms with E-state index in [1.807, 2.05) is 0 Å². The molecule has 1 heterocycles. The number of halogens is 4. The van der Waals surface area contributed by atoms with Crippen LogP contribution in [0.15, 0.2) is 30.3 Å². The molecule has 1 aliphatic rings. The minimum atomic E-state index is -4.88. The molecule has 0 unspecified atom stereocenters. The summed E-state index contributed by atoms with van der Waals surface area (Å²) in [5.41, 5.74) is -1.38. The molecule has 1 fully saturated rings. The summed E-state index contributed by atoms with van der Waals surface area (Å²) in [7, 11) is 0. The lowest BCUT2D eigenvalue weighted by molar-refractivity contribution is -0.152. The van der Waals surface area contributed by atoms with E-state index in [4.69, 9.17) is 4.74 Å². The summed E-state index contributed by atoms with van der Waals surface area (Å²) in [4.78, 5) is 38.5. The zero-order chi connectivity index (χ0) is 25.6. The lowest BCUT2D eigenvalue weighted by atomic mass is 10.0. The van der Waals surface area contributed by atoms with Crippen molar-refractivity contribution in [3.63, 3.8) is 0 Å². The number of anilines is 1. The van der Waals surface area contributed by atoms with E-state index >= 15 is 0 Å². The van der Waals surface area contributed by atoms with Crippen LogP contribution in [0.3, 0.4) is 0 Å². The first-order chi connectivity index (χ1) is 15.6. The number of carboxylic acids is 1. The van der Waals surface area contributed by atoms with Crippen LogP contribution in [0.5, 0.6) is 5.75 Å². The lowest BCUT2D eigenvalue weighted by Gasteiger charge is -2.25. The number of hydrogen-bond acceptors (Lipinski definition) is 4. The lowest BCUT2D eigenvalue weighted by Crippen LogP contribution is -2.38. The molecule has 2 aromatic rings. The van der Waals surface area contributed by atoms with E-state index in [0.29, 0.717) is 34.6 Å². The summed E-state index contributed by atoms with van der Waals surface area (Å²) < 4.78 is 58.0. The third-order valence-corrected chi connectivity index (χ3v) is 5.36. The Morgan fingerprint density at radius 1 is 1.09 bits per heavy atom. The number of hydrogen-bond donors (Lipinski definition) is 1. The third-order valence-electron chi connectivity index (χ3n) is 5.36. The van der Waals surface area contributed by atoms with Crippen molar-refractivity contribution in [1.82, 2.24) is 4.90 Å². The van der Waals surface area contributed by atoms with Crippen LogP contribution in [0.2, 0.25) is 0 Å². The second-order valence-electron chi connectivity index (χ2n) is 8.49. The molecule has 1 saturated heterocycles. The first-order valence-corrected chi connectivity index (χ1v) is 10.1. The van der Waals surface area contributed by atoms with Gasteiger partial charge in [0.05, 0.1) is 12.1 Å². The second kappa shape index (κ2) is 8.62. The Morgan fingerprint density at radius 3 is 2.18 bits per heavy atom. The van der Waals surface area contributed by atoms with Crippen molar-refractivity contribution in [2.75, 3.05) is 11.4 Å². The number of imide groups is 1. The van der Waals surface area contributed by atoms with E-state index in [-0.39, 0.29) is 12.2 Å². The number of rotatable bonds is 6.